The highest BCUT2D eigenvalue weighted by Crippen LogP contribution is 2.26. The van der Waals surface area contributed by atoms with Gasteiger partial charge in [-0.25, -0.2) is 8.42 Å². The van der Waals surface area contributed by atoms with Crippen molar-refractivity contribution in [1.29, 1.82) is 0 Å². The molecule has 0 aliphatic carbocycles. The average Bonchev–Trinajstić information content (AvgIpc) is 3.04. The van der Waals surface area contributed by atoms with E-state index in [1.54, 1.807) is 53.1 Å². The van der Waals surface area contributed by atoms with Gasteiger partial charge in [0.05, 0.1) is 16.3 Å². The predicted octanol–water partition coefficient (Wildman–Crippen LogP) is 3.93. The molecule has 0 aliphatic heterocycles. The van der Waals surface area contributed by atoms with Crippen LogP contribution in [0.5, 0.6) is 0 Å². The van der Waals surface area contributed by atoms with Gasteiger partial charge in [0.1, 0.15) is 0 Å². The summed E-state index contributed by atoms with van der Waals surface area (Å²) in [5.41, 5.74) is 1.13. The maximum Gasteiger partial charge on any atom is 0.261 e. The molecular formula is C16H13ClN2O2S. The van der Waals surface area contributed by atoms with Gasteiger partial charge in [0, 0.05) is 17.4 Å². The van der Waals surface area contributed by atoms with Gasteiger partial charge in [-0.2, -0.15) is 0 Å². The Bertz CT molecular complexity index is 876. The second kappa shape index (κ2) is 5.87. The number of nitrogens with one attached hydrogen (secondary N) is 1. The topological polar surface area (TPSA) is 51.1 Å². The minimum atomic E-state index is -3.65. The SMILES string of the molecule is O=S(=O)(Nc1ccc(Cl)cc1-n1cccc1)c1ccccc1. The summed E-state index contributed by atoms with van der Waals surface area (Å²) < 4.78 is 29.3. The molecule has 0 bridgehead atoms. The summed E-state index contributed by atoms with van der Waals surface area (Å²) in [6.07, 6.45) is 3.65. The highest BCUT2D eigenvalue weighted by atomic mass is 35.5. The fourth-order valence-electron chi connectivity index (χ4n) is 2.10. The average molecular weight is 333 g/mol. The van der Waals surface area contributed by atoms with E-state index in [2.05, 4.69) is 4.72 Å². The van der Waals surface area contributed by atoms with Crippen molar-refractivity contribution in [2.45, 2.75) is 4.90 Å². The molecule has 0 saturated heterocycles. The van der Waals surface area contributed by atoms with Gasteiger partial charge in [-0.3, -0.25) is 4.72 Å². The van der Waals surface area contributed by atoms with Crippen LogP contribution in [0.25, 0.3) is 5.69 Å². The van der Waals surface area contributed by atoms with Crippen LogP contribution in [-0.4, -0.2) is 13.0 Å². The fraction of sp³-hybridized carbons (Fsp3) is 0. The van der Waals surface area contributed by atoms with Crippen LogP contribution in [0.1, 0.15) is 0 Å². The number of benzene rings is 2. The summed E-state index contributed by atoms with van der Waals surface area (Å²) >= 11 is 6.03. The molecule has 1 aromatic heterocycles. The van der Waals surface area contributed by atoms with Crippen LogP contribution in [-0.2, 0) is 10.0 Å². The van der Waals surface area contributed by atoms with Crippen molar-refractivity contribution in [2.24, 2.45) is 0 Å². The monoisotopic (exact) mass is 332 g/mol. The van der Waals surface area contributed by atoms with E-state index in [1.165, 1.54) is 0 Å². The normalized spacial score (nSPS) is 11.3. The summed E-state index contributed by atoms with van der Waals surface area (Å²) in [5, 5.41) is 0.534. The molecular weight excluding hydrogens is 320 g/mol. The largest absolute Gasteiger partial charge is 0.322 e. The van der Waals surface area contributed by atoms with E-state index < -0.39 is 10.0 Å². The maximum atomic E-state index is 12.5. The number of nitrogens with zero attached hydrogens (tertiary/aromatic N) is 1. The second-order valence-electron chi connectivity index (χ2n) is 4.67. The predicted molar refractivity (Wildman–Crippen MR) is 88.0 cm³/mol. The number of sulfonamides is 1. The third-order valence-corrected chi connectivity index (χ3v) is 4.76. The number of rotatable bonds is 4. The standard InChI is InChI=1S/C16H13ClN2O2S/c17-13-8-9-15(16(12-13)19-10-4-5-11-19)18-22(20,21)14-6-2-1-3-7-14/h1-12,18H. The van der Waals surface area contributed by atoms with Crippen molar-refractivity contribution in [3.63, 3.8) is 0 Å². The first-order valence-electron chi connectivity index (χ1n) is 6.57. The quantitative estimate of drug-likeness (QED) is 0.787. The molecule has 2 aromatic carbocycles. The third kappa shape index (κ3) is 3.00. The highest BCUT2D eigenvalue weighted by molar-refractivity contribution is 7.92. The Kier molecular flexibility index (Phi) is 3.92. The molecule has 0 amide bonds. The van der Waals surface area contributed by atoms with Gasteiger partial charge in [-0.05, 0) is 42.5 Å². The number of anilines is 1. The summed E-state index contributed by atoms with van der Waals surface area (Å²) in [5.74, 6) is 0. The molecule has 0 atom stereocenters. The van der Waals surface area contributed by atoms with Crippen LogP contribution in [0.15, 0.2) is 78.0 Å². The smallest absolute Gasteiger partial charge is 0.261 e. The molecule has 22 heavy (non-hydrogen) atoms. The summed E-state index contributed by atoms with van der Waals surface area (Å²) in [4.78, 5) is 0.211. The Labute approximate surface area is 134 Å². The van der Waals surface area contributed by atoms with Gasteiger partial charge in [0.2, 0.25) is 0 Å². The van der Waals surface area contributed by atoms with Crippen molar-refractivity contribution in [3.8, 4) is 5.69 Å². The third-order valence-electron chi connectivity index (χ3n) is 3.14. The van der Waals surface area contributed by atoms with E-state index in [0.29, 0.717) is 16.4 Å². The first-order chi connectivity index (χ1) is 10.6. The lowest BCUT2D eigenvalue weighted by Gasteiger charge is -2.14. The minimum Gasteiger partial charge on any atom is -0.322 e. The van der Waals surface area contributed by atoms with Gasteiger partial charge in [-0.15, -0.1) is 0 Å². The Morgan fingerprint density at radius 3 is 2.27 bits per heavy atom. The lowest BCUT2D eigenvalue weighted by atomic mass is 10.2. The van der Waals surface area contributed by atoms with Gasteiger partial charge < -0.3 is 4.57 Å². The molecule has 0 spiro atoms. The molecule has 4 nitrogen and oxygen atoms in total. The molecule has 0 aliphatic rings. The van der Waals surface area contributed by atoms with Crippen LogP contribution >= 0.6 is 11.6 Å². The van der Waals surface area contributed by atoms with E-state index in [-0.39, 0.29) is 4.90 Å². The molecule has 0 unspecified atom stereocenters. The number of aromatic nitrogens is 1. The summed E-state index contributed by atoms with van der Waals surface area (Å²) in [6, 6.07) is 17.0. The molecule has 112 valence electrons. The van der Waals surface area contributed by atoms with Crippen molar-refractivity contribution in [2.75, 3.05) is 4.72 Å². The molecule has 0 radical (unpaired) electrons. The molecule has 3 rings (SSSR count). The van der Waals surface area contributed by atoms with E-state index in [1.807, 2.05) is 24.5 Å². The number of hydrogen-bond acceptors (Lipinski definition) is 2. The first kappa shape index (κ1) is 14.7. The minimum absolute atomic E-state index is 0.211. The first-order valence-corrected chi connectivity index (χ1v) is 8.43. The zero-order valence-electron chi connectivity index (χ0n) is 11.5. The van der Waals surface area contributed by atoms with Crippen LogP contribution < -0.4 is 4.72 Å². The Morgan fingerprint density at radius 1 is 0.909 bits per heavy atom. The van der Waals surface area contributed by atoms with Gasteiger partial charge in [-0.1, -0.05) is 29.8 Å². The van der Waals surface area contributed by atoms with E-state index in [4.69, 9.17) is 11.6 Å². The Hall–Kier alpha value is -2.24. The van der Waals surface area contributed by atoms with Crippen molar-refractivity contribution >= 4 is 27.3 Å². The Balaban J connectivity index is 2.03. The Morgan fingerprint density at radius 2 is 1.59 bits per heavy atom. The molecule has 1 heterocycles. The van der Waals surface area contributed by atoms with Crippen molar-refractivity contribution < 1.29 is 8.42 Å². The van der Waals surface area contributed by atoms with Crippen LogP contribution in [0.3, 0.4) is 0 Å². The molecule has 0 fully saturated rings. The number of hydrogen-bond donors (Lipinski definition) is 1. The lowest BCUT2D eigenvalue weighted by Crippen LogP contribution is -2.14. The maximum absolute atomic E-state index is 12.5. The van der Waals surface area contributed by atoms with Gasteiger partial charge in [0.25, 0.3) is 10.0 Å². The number of halogens is 1. The highest BCUT2D eigenvalue weighted by Gasteiger charge is 2.16. The summed E-state index contributed by atoms with van der Waals surface area (Å²) in [7, 11) is -3.65. The van der Waals surface area contributed by atoms with E-state index in [0.717, 1.165) is 0 Å². The van der Waals surface area contributed by atoms with E-state index >= 15 is 0 Å². The lowest BCUT2D eigenvalue weighted by molar-refractivity contribution is 0.601. The van der Waals surface area contributed by atoms with Gasteiger partial charge >= 0.3 is 0 Å². The fourth-order valence-corrected chi connectivity index (χ4v) is 3.36. The van der Waals surface area contributed by atoms with E-state index in [9.17, 15) is 8.42 Å². The zero-order chi connectivity index (χ0) is 15.6. The zero-order valence-corrected chi connectivity index (χ0v) is 13.1. The molecule has 6 heteroatoms. The summed E-state index contributed by atoms with van der Waals surface area (Å²) in [6.45, 7) is 0. The molecule has 3 aromatic rings. The van der Waals surface area contributed by atoms with Crippen molar-refractivity contribution in [3.05, 3.63) is 78.1 Å². The van der Waals surface area contributed by atoms with Crippen LogP contribution in [0.2, 0.25) is 5.02 Å². The van der Waals surface area contributed by atoms with Crippen LogP contribution in [0, 0.1) is 0 Å². The van der Waals surface area contributed by atoms with Crippen molar-refractivity contribution in [1.82, 2.24) is 4.57 Å². The van der Waals surface area contributed by atoms with Crippen LogP contribution in [0.4, 0.5) is 5.69 Å². The molecule has 0 saturated carbocycles. The van der Waals surface area contributed by atoms with Gasteiger partial charge in [0.15, 0.2) is 0 Å². The molecule has 1 N–H and O–H groups in total. The second-order valence-corrected chi connectivity index (χ2v) is 6.79.